The first kappa shape index (κ1) is 12.5. The summed E-state index contributed by atoms with van der Waals surface area (Å²) in [5, 5.41) is 3.03. The third kappa shape index (κ3) is 2.69. The van der Waals surface area contributed by atoms with Gasteiger partial charge in [0.25, 0.3) is 0 Å². The van der Waals surface area contributed by atoms with Gasteiger partial charge in [0.05, 0.1) is 17.6 Å². The third-order valence-corrected chi connectivity index (χ3v) is 3.47. The van der Waals surface area contributed by atoms with Gasteiger partial charge in [-0.15, -0.1) is 0 Å². The lowest BCUT2D eigenvalue weighted by Crippen LogP contribution is -2.49. The van der Waals surface area contributed by atoms with Gasteiger partial charge in [0.2, 0.25) is 5.91 Å². The average molecular weight is 214 g/mol. The van der Waals surface area contributed by atoms with Crippen molar-refractivity contribution in [2.45, 2.75) is 45.8 Å². The van der Waals surface area contributed by atoms with Crippen LogP contribution in [0.3, 0.4) is 0 Å². The van der Waals surface area contributed by atoms with Crippen LogP contribution in [-0.4, -0.2) is 31.2 Å². The first-order valence-corrected chi connectivity index (χ1v) is 5.66. The summed E-state index contributed by atoms with van der Waals surface area (Å²) in [5.74, 6) is 0.0508. The maximum atomic E-state index is 12.0. The van der Waals surface area contributed by atoms with Crippen LogP contribution in [0.2, 0.25) is 0 Å². The van der Waals surface area contributed by atoms with Gasteiger partial charge in [-0.1, -0.05) is 6.92 Å². The molecule has 0 aromatic heterocycles. The Morgan fingerprint density at radius 3 is 2.73 bits per heavy atom. The van der Waals surface area contributed by atoms with E-state index in [0.717, 1.165) is 19.4 Å². The summed E-state index contributed by atoms with van der Waals surface area (Å²) in [5.41, 5.74) is 5.19. The molecule has 0 aromatic carbocycles. The minimum absolute atomic E-state index is 0.0508. The van der Waals surface area contributed by atoms with Crippen LogP contribution in [0, 0.1) is 5.41 Å². The lowest BCUT2D eigenvalue weighted by atomic mass is 9.86. The Hall–Kier alpha value is -0.610. The molecule has 1 amide bonds. The number of carbonyl (C=O) groups excluding carboxylic acids is 1. The molecule has 15 heavy (non-hydrogen) atoms. The van der Waals surface area contributed by atoms with Gasteiger partial charge in [-0.25, -0.2) is 0 Å². The second kappa shape index (κ2) is 4.94. The lowest BCUT2D eigenvalue weighted by Gasteiger charge is -2.28. The fraction of sp³-hybridized carbons (Fsp3) is 0.909. The molecule has 0 spiro atoms. The monoisotopic (exact) mass is 214 g/mol. The summed E-state index contributed by atoms with van der Waals surface area (Å²) in [6, 6.07) is 0.148. The molecule has 88 valence electrons. The molecule has 0 aromatic rings. The second-order valence-corrected chi connectivity index (χ2v) is 4.56. The average Bonchev–Trinajstić information content (AvgIpc) is 2.63. The van der Waals surface area contributed by atoms with Crippen LogP contribution in [0.5, 0.6) is 0 Å². The Morgan fingerprint density at radius 2 is 2.33 bits per heavy atom. The van der Waals surface area contributed by atoms with E-state index in [1.807, 2.05) is 20.8 Å². The van der Waals surface area contributed by atoms with Crippen LogP contribution in [-0.2, 0) is 9.53 Å². The van der Waals surface area contributed by atoms with Crippen molar-refractivity contribution in [1.82, 2.24) is 5.32 Å². The largest absolute Gasteiger partial charge is 0.376 e. The van der Waals surface area contributed by atoms with E-state index in [9.17, 15) is 4.79 Å². The van der Waals surface area contributed by atoms with Gasteiger partial charge in [0, 0.05) is 13.2 Å². The zero-order valence-corrected chi connectivity index (χ0v) is 9.88. The molecule has 1 saturated heterocycles. The minimum atomic E-state index is -0.442. The molecule has 1 rings (SSSR count). The highest BCUT2D eigenvalue weighted by Gasteiger charge is 2.34. The molecule has 3 atom stereocenters. The summed E-state index contributed by atoms with van der Waals surface area (Å²) in [7, 11) is 0. The molecule has 0 aliphatic carbocycles. The lowest BCUT2D eigenvalue weighted by molar-refractivity contribution is -0.131. The Labute approximate surface area is 91.5 Å². The second-order valence-electron chi connectivity index (χ2n) is 4.56. The van der Waals surface area contributed by atoms with Gasteiger partial charge in [0.15, 0.2) is 0 Å². The van der Waals surface area contributed by atoms with Crippen molar-refractivity contribution in [2.75, 3.05) is 13.2 Å². The van der Waals surface area contributed by atoms with Gasteiger partial charge >= 0.3 is 0 Å². The van der Waals surface area contributed by atoms with E-state index < -0.39 is 5.41 Å². The van der Waals surface area contributed by atoms with Crippen molar-refractivity contribution in [2.24, 2.45) is 11.1 Å². The number of ether oxygens (including phenoxy) is 1. The van der Waals surface area contributed by atoms with Crippen molar-refractivity contribution in [3.05, 3.63) is 0 Å². The van der Waals surface area contributed by atoms with Crippen LogP contribution in [0.15, 0.2) is 0 Å². The van der Waals surface area contributed by atoms with Crippen molar-refractivity contribution in [3.8, 4) is 0 Å². The van der Waals surface area contributed by atoms with Gasteiger partial charge in [-0.05, 0) is 26.7 Å². The van der Waals surface area contributed by atoms with Crippen molar-refractivity contribution in [1.29, 1.82) is 0 Å². The summed E-state index contributed by atoms with van der Waals surface area (Å²) in [6.07, 6.45) is 1.78. The van der Waals surface area contributed by atoms with Crippen LogP contribution >= 0.6 is 0 Å². The summed E-state index contributed by atoms with van der Waals surface area (Å²) < 4.78 is 5.40. The van der Waals surface area contributed by atoms with Crippen LogP contribution in [0.4, 0.5) is 0 Å². The van der Waals surface area contributed by atoms with E-state index in [-0.39, 0.29) is 18.1 Å². The number of carbonyl (C=O) groups is 1. The smallest absolute Gasteiger partial charge is 0.227 e. The maximum absolute atomic E-state index is 12.0. The summed E-state index contributed by atoms with van der Waals surface area (Å²) in [4.78, 5) is 12.0. The van der Waals surface area contributed by atoms with Crippen molar-refractivity contribution in [3.63, 3.8) is 0 Å². The highest BCUT2D eigenvalue weighted by Crippen LogP contribution is 2.21. The van der Waals surface area contributed by atoms with Crippen LogP contribution in [0.25, 0.3) is 0 Å². The molecular formula is C11H22N2O2. The van der Waals surface area contributed by atoms with Gasteiger partial charge in [-0.3, -0.25) is 4.79 Å². The topological polar surface area (TPSA) is 64.4 Å². The summed E-state index contributed by atoms with van der Waals surface area (Å²) in [6.45, 7) is 7.00. The number of amides is 1. The predicted molar refractivity (Wildman–Crippen MR) is 59.4 cm³/mol. The zero-order chi connectivity index (χ0) is 11.5. The van der Waals surface area contributed by atoms with E-state index in [0.29, 0.717) is 6.54 Å². The molecule has 3 N–H and O–H groups in total. The van der Waals surface area contributed by atoms with Gasteiger partial charge in [-0.2, -0.15) is 0 Å². The molecule has 0 saturated carbocycles. The molecule has 0 bridgehead atoms. The Morgan fingerprint density at radius 1 is 1.67 bits per heavy atom. The number of rotatable bonds is 4. The fourth-order valence-electron chi connectivity index (χ4n) is 1.66. The Bertz CT molecular complexity index is 227. The molecule has 1 fully saturated rings. The Balaban J connectivity index is 2.54. The zero-order valence-electron chi connectivity index (χ0n) is 9.88. The highest BCUT2D eigenvalue weighted by atomic mass is 16.5. The van der Waals surface area contributed by atoms with Crippen molar-refractivity contribution >= 4 is 5.91 Å². The molecule has 4 heteroatoms. The van der Waals surface area contributed by atoms with Crippen LogP contribution in [0.1, 0.15) is 33.6 Å². The number of nitrogens with two attached hydrogens (primary N) is 1. The summed E-state index contributed by atoms with van der Waals surface area (Å²) >= 11 is 0. The van der Waals surface area contributed by atoms with Crippen LogP contribution < -0.4 is 11.1 Å². The SMILES string of the molecule is CCC(C)(CN)C(=O)NC1CCOC1C. The molecule has 0 radical (unpaired) electrons. The van der Waals surface area contributed by atoms with Gasteiger partial charge < -0.3 is 15.8 Å². The molecule has 3 unspecified atom stereocenters. The molecule has 1 aliphatic heterocycles. The van der Waals surface area contributed by atoms with E-state index >= 15 is 0 Å². The number of hydrogen-bond donors (Lipinski definition) is 2. The molecule has 1 heterocycles. The number of nitrogens with one attached hydrogen (secondary N) is 1. The van der Waals surface area contributed by atoms with E-state index in [1.54, 1.807) is 0 Å². The first-order valence-electron chi connectivity index (χ1n) is 5.66. The third-order valence-electron chi connectivity index (χ3n) is 3.47. The maximum Gasteiger partial charge on any atom is 0.227 e. The Kier molecular flexibility index (Phi) is 4.11. The first-order chi connectivity index (χ1) is 7.03. The van der Waals surface area contributed by atoms with E-state index in [4.69, 9.17) is 10.5 Å². The standard InChI is InChI=1S/C11H22N2O2/c1-4-11(3,7-12)10(14)13-9-5-6-15-8(9)2/h8-9H,4-7,12H2,1-3H3,(H,13,14). The number of hydrogen-bond acceptors (Lipinski definition) is 3. The van der Waals surface area contributed by atoms with Gasteiger partial charge in [0.1, 0.15) is 0 Å². The molecule has 1 aliphatic rings. The molecule has 4 nitrogen and oxygen atoms in total. The quantitative estimate of drug-likeness (QED) is 0.722. The van der Waals surface area contributed by atoms with Crippen molar-refractivity contribution < 1.29 is 9.53 Å². The van der Waals surface area contributed by atoms with E-state index in [2.05, 4.69) is 5.32 Å². The minimum Gasteiger partial charge on any atom is -0.376 e. The fourth-order valence-corrected chi connectivity index (χ4v) is 1.66. The molecular weight excluding hydrogens is 192 g/mol. The predicted octanol–water partition coefficient (Wildman–Crippen LogP) is 0.655. The van der Waals surface area contributed by atoms with E-state index in [1.165, 1.54) is 0 Å². The normalized spacial score (nSPS) is 29.9. The highest BCUT2D eigenvalue weighted by molar-refractivity contribution is 5.82.